The highest BCUT2D eigenvalue weighted by Gasteiger charge is 2.20. The van der Waals surface area contributed by atoms with Crippen LogP contribution in [-0.4, -0.2) is 25.8 Å². The molecule has 0 saturated heterocycles. The third-order valence-electron chi connectivity index (χ3n) is 1.87. The minimum absolute atomic E-state index is 0.194. The van der Waals surface area contributed by atoms with Crippen LogP contribution in [0.15, 0.2) is 16.9 Å². The minimum atomic E-state index is -0.194. The molecule has 0 saturated carbocycles. The number of ether oxygens (including phenoxy) is 1. The number of amides is 1. The molecule has 0 bridgehead atoms. The first-order valence-corrected chi connectivity index (χ1v) is 6.59. The van der Waals surface area contributed by atoms with Crippen LogP contribution in [0.3, 0.4) is 0 Å². The largest absolute Gasteiger partial charge is 0.492 e. The standard InChI is InChI=1S/C10H14N2O2S2/c1-4-5-12-9(13)8-6(11)7(14-2)10(15-3)16-8/h4H,1,5,11H2,2-3H3,(H,12,13). The van der Waals surface area contributed by atoms with Gasteiger partial charge < -0.3 is 15.8 Å². The first-order valence-electron chi connectivity index (χ1n) is 4.55. The third-order valence-corrected chi connectivity index (χ3v) is 4.16. The number of carbonyl (C=O) groups is 1. The zero-order chi connectivity index (χ0) is 12.1. The summed E-state index contributed by atoms with van der Waals surface area (Å²) in [5.41, 5.74) is 6.25. The summed E-state index contributed by atoms with van der Waals surface area (Å²) in [6.45, 7) is 3.96. The first kappa shape index (κ1) is 12.9. The second-order valence-electron chi connectivity index (χ2n) is 2.87. The molecule has 16 heavy (non-hydrogen) atoms. The van der Waals surface area contributed by atoms with Gasteiger partial charge >= 0.3 is 0 Å². The number of nitrogens with one attached hydrogen (secondary N) is 1. The molecular weight excluding hydrogens is 244 g/mol. The summed E-state index contributed by atoms with van der Waals surface area (Å²) in [6, 6.07) is 0. The van der Waals surface area contributed by atoms with Crippen molar-refractivity contribution in [1.29, 1.82) is 0 Å². The lowest BCUT2D eigenvalue weighted by Gasteiger charge is -2.02. The van der Waals surface area contributed by atoms with Crippen LogP contribution in [0.5, 0.6) is 5.75 Å². The molecule has 0 atom stereocenters. The van der Waals surface area contributed by atoms with Gasteiger partial charge in [0, 0.05) is 6.54 Å². The molecule has 0 spiro atoms. The zero-order valence-electron chi connectivity index (χ0n) is 9.20. The van der Waals surface area contributed by atoms with Gasteiger partial charge in [-0.25, -0.2) is 0 Å². The quantitative estimate of drug-likeness (QED) is 0.626. The van der Waals surface area contributed by atoms with E-state index in [0.29, 0.717) is 22.9 Å². The smallest absolute Gasteiger partial charge is 0.263 e. The van der Waals surface area contributed by atoms with Crippen LogP contribution in [0.4, 0.5) is 5.69 Å². The van der Waals surface area contributed by atoms with E-state index in [2.05, 4.69) is 11.9 Å². The molecule has 0 unspecified atom stereocenters. The molecule has 0 aliphatic heterocycles. The van der Waals surface area contributed by atoms with Gasteiger partial charge in [-0.15, -0.1) is 29.7 Å². The van der Waals surface area contributed by atoms with Crippen molar-refractivity contribution in [3.05, 3.63) is 17.5 Å². The average Bonchev–Trinajstić information content (AvgIpc) is 2.62. The number of thiophene rings is 1. The average molecular weight is 258 g/mol. The van der Waals surface area contributed by atoms with E-state index in [1.54, 1.807) is 13.2 Å². The van der Waals surface area contributed by atoms with Gasteiger partial charge in [-0.2, -0.15) is 0 Å². The SMILES string of the molecule is C=CCNC(=O)c1sc(SC)c(OC)c1N. The molecule has 1 amide bonds. The van der Waals surface area contributed by atoms with Crippen LogP contribution in [0.2, 0.25) is 0 Å². The van der Waals surface area contributed by atoms with Crippen molar-refractivity contribution in [1.82, 2.24) is 5.32 Å². The number of hydrogen-bond acceptors (Lipinski definition) is 5. The van der Waals surface area contributed by atoms with Crippen molar-refractivity contribution in [2.75, 3.05) is 25.6 Å². The topological polar surface area (TPSA) is 64.3 Å². The van der Waals surface area contributed by atoms with Crippen molar-refractivity contribution in [3.8, 4) is 5.75 Å². The van der Waals surface area contributed by atoms with Crippen LogP contribution in [0, 0.1) is 0 Å². The van der Waals surface area contributed by atoms with Gasteiger partial charge in [-0.1, -0.05) is 6.08 Å². The van der Waals surface area contributed by atoms with Gasteiger partial charge in [-0.05, 0) is 6.26 Å². The number of methoxy groups -OCH3 is 1. The van der Waals surface area contributed by atoms with Crippen LogP contribution in [0.25, 0.3) is 0 Å². The minimum Gasteiger partial charge on any atom is -0.492 e. The van der Waals surface area contributed by atoms with Crippen molar-refractivity contribution >= 4 is 34.7 Å². The fourth-order valence-corrected chi connectivity index (χ4v) is 2.95. The number of nitrogen functional groups attached to an aromatic ring is 1. The predicted octanol–water partition coefficient (Wildman–Crippen LogP) is 1.98. The normalized spacial score (nSPS) is 9.88. The molecular formula is C10H14N2O2S2. The molecule has 1 heterocycles. The fourth-order valence-electron chi connectivity index (χ4n) is 1.15. The Hall–Kier alpha value is -1.14. The molecule has 1 aromatic heterocycles. The van der Waals surface area contributed by atoms with E-state index in [-0.39, 0.29) is 5.91 Å². The summed E-state index contributed by atoms with van der Waals surface area (Å²) in [5, 5.41) is 2.69. The van der Waals surface area contributed by atoms with E-state index in [4.69, 9.17) is 10.5 Å². The van der Waals surface area contributed by atoms with Crippen LogP contribution in [0.1, 0.15) is 9.67 Å². The molecule has 6 heteroatoms. The number of anilines is 1. The maximum absolute atomic E-state index is 11.7. The molecule has 4 nitrogen and oxygen atoms in total. The molecule has 1 rings (SSSR count). The molecule has 88 valence electrons. The van der Waals surface area contributed by atoms with Crippen LogP contribution in [-0.2, 0) is 0 Å². The van der Waals surface area contributed by atoms with Gasteiger partial charge in [0.05, 0.1) is 12.8 Å². The zero-order valence-corrected chi connectivity index (χ0v) is 10.8. The maximum Gasteiger partial charge on any atom is 0.263 e. The van der Waals surface area contributed by atoms with Crippen molar-refractivity contribution < 1.29 is 9.53 Å². The lowest BCUT2D eigenvalue weighted by Crippen LogP contribution is -2.22. The molecule has 0 aromatic carbocycles. The van der Waals surface area contributed by atoms with E-state index >= 15 is 0 Å². The predicted molar refractivity (Wildman–Crippen MR) is 69.6 cm³/mol. The number of rotatable bonds is 5. The number of hydrogen-bond donors (Lipinski definition) is 2. The van der Waals surface area contributed by atoms with Gasteiger partial charge in [0.1, 0.15) is 9.09 Å². The third kappa shape index (κ3) is 2.51. The van der Waals surface area contributed by atoms with E-state index in [0.717, 1.165) is 4.21 Å². The molecule has 0 aliphatic rings. The van der Waals surface area contributed by atoms with Crippen LogP contribution >= 0.6 is 23.1 Å². The second-order valence-corrected chi connectivity index (χ2v) is 4.96. The van der Waals surface area contributed by atoms with Gasteiger partial charge in [0.25, 0.3) is 5.91 Å². The molecule has 0 fully saturated rings. The summed E-state index contributed by atoms with van der Waals surface area (Å²) in [6.07, 6.45) is 3.54. The van der Waals surface area contributed by atoms with Gasteiger partial charge in [-0.3, -0.25) is 4.79 Å². The van der Waals surface area contributed by atoms with E-state index in [9.17, 15) is 4.79 Å². The van der Waals surface area contributed by atoms with Crippen molar-refractivity contribution in [3.63, 3.8) is 0 Å². The summed E-state index contributed by atoms with van der Waals surface area (Å²) in [5.74, 6) is 0.391. The lowest BCUT2D eigenvalue weighted by atomic mass is 10.3. The molecule has 0 radical (unpaired) electrons. The maximum atomic E-state index is 11.7. The van der Waals surface area contributed by atoms with Gasteiger partial charge in [0.15, 0.2) is 5.75 Å². The summed E-state index contributed by atoms with van der Waals surface area (Å²) < 4.78 is 6.07. The number of nitrogens with two attached hydrogens (primary N) is 1. The first-order chi connectivity index (χ1) is 7.65. The highest BCUT2D eigenvalue weighted by Crippen LogP contribution is 2.43. The summed E-state index contributed by atoms with van der Waals surface area (Å²) in [7, 11) is 1.55. The van der Waals surface area contributed by atoms with E-state index < -0.39 is 0 Å². The second kappa shape index (κ2) is 5.81. The highest BCUT2D eigenvalue weighted by atomic mass is 32.2. The Labute approximate surface area is 103 Å². The van der Waals surface area contributed by atoms with Crippen molar-refractivity contribution in [2.24, 2.45) is 0 Å². The molecule has 0 aliphatic carbocycles. The fraction of sp³-hybridized carbons (Fsp3) is 0.300. The Balaban J connectivity index is 3.00. The Kier molecular flexibility index (Phi) is 4.70. The number of carbonyl (C=O) groups excluding carboxylic acids is 1. The van der Waals surface area contributed by atoms with E-state index in [1.807, 2.05) is 6.26 Å². The number of thioether (sulfide) groups is 1. The van der Waals surface area contributed by atoms with Crippen molar-refractivity contribution in [2.45, 2.75) is 4.21 Å². The molecule has 1 aromatic rings. The Morgan fingerprint density at radius 2 is 2.44 bits per heavy atom. The molecule has 3 N–H and O–H groups in total. The highest BCUT2D eigenvalue weighted by molar-refractivity contribution is 8.00. The monoisotopic (exact) mass is 258 g/mol. The lowest BCUT2D eigenvalue weighted by molar-refractivity contribution is 0.0962. The Morgan fingerprint density at radius 1 is 1.75 bits per heavy atom. The van der Waals surface area contributed by atoms with Gasteiger partial charge in [0.2, 0.25) is 0 Å². The Bertz CT molecular complexity index is 402. The summed E-state index contributed by atoms with van der Waals surface area (Å²) in [4.78, 5) is 12.2. The van der Waals surface area contributed by atoms with Crippen LogP contribution < -0.4 is 15.8 Å². The summed E-state index contributed by atoms with van der Waals surface area (Å²) >= 11 is 2.85. The Morgan fingerprint density at radius 3 is 2.88 bits per heavy atom. The van der Waals surface area contributed by atoms with E-state index in [1.165, 1.54) is 23.1 Å².